The van der Waals surface area contributed by atoms with Gasteiger partial charge in [0.15, 0.2) is 12.4 Å². The first-order valence-electron chi connectivity index (χ1n) is 8.23. The predicted molar refractivity (Wildman–Crippen MR) is 89.9 cm³/mol. The number of nitrogens with one attached hydrogen (secondary N) is 1. The summed E-state index contributed by atoms with van der Waals surface area (Å²) in [6.45, 7) is 7.03. The number of hydrogen-bond donors (Lipinski definition) is 1. The molecule has 1 aliphatic carbocycles. The molecule has 1 N–H and O–H groups in total. The lowest BCUT2D eigenvalue weighted by molar-refractivity contribution is -0.132. The second kappa shape index (κ2) is 7.47. The van der Waals surface area contributed by atoms with Crippen LogP contribution in [0.25, 0.3) is 0 Å². The fraction of sp³-hybridized carbons (Fsp3) is 0.500. The molecule has 1 amide bonds. The minimum Gasteiger partial charge on any atom is -0.451 e. The molecule has 24 heavy (non-hydrogen) atoms. The van der Waals surface area contributed by atoms with Crippen molar-refractivity contribution < 1.29 is 19.1 Å². The van der Waals surface area contributed by atoms with E-state index in [9.17, 15) is 14.4 Å². The highest BCUT2D eigenvalue weighted by molar-refractivity contribution is 6.01. The van der Waals surface area contributed by atoms with Gasteiger partial charge in [0.2, 0.25) is 0 Å². The van der Waals surface area contributed by atoms with E-state index >= 15 is 0 Å². The molecule has 130 valence electrons. The molecule has 0 saturated heterocycles. The molecular formula is C18H24N2O4. The third-order valence-corrected chi connectivity index (χ3v) is 4.30. The first kappa shape index (κ1) is 18.0. The number of aromatic nitrogens is 1. The Bertz CT molecular complexity index is 700. The number of aryl methyl sites for hydroxylation is 1. The van der Waals surface area contributed by atoms with Crippen molar-refractivity contribution in [3.05, 3.63) is 34.3 Å². The van der Waals surface area contributed by atoms with E-state index in [2.05, 4.69) is 11.1 Å². The standard InChI is InChI=1S/C18H24N2O4/c1-5-20(14-8-6-7-9-14)15(22)10-24-18(23)17-11(2)16(13(4)21)12(3)19-17/h8,19H,5-7,9-10H2,1-4H3. The maximum atomic E-state index is 12.3. The molecule has 0 unspecified atom stereocenters. The number of H-pyrrole nitrogens is 1. The van der Waals surface area contributed by atoms with Gasteiger partial charge in [0.1, 0.15) is 5.69 Å². The molecule has 1 aromatic heterocycles. The molecule has 0 aliphatic heterocycles. The van der Waals surface area contributed by atoms with E-state index in [0.717, 1.165) is 25.0 Å². The van der Waals surface area contributed by atoms with Gasteiger partial charge in [0, 0.05) is 23.5 Å². The number of ether oxygens (including phenoxy) is 1. The number of esters is 1. The van der Waals surface area contributed by atoms with Crippen LogP contribution in [0.2, 0.25) is 0 Å². The minimum atomic E-state index is -0.618. The molecule has 1 heterocycles. The quantitative estimate of drug-likeness (QED) is 0.641. The maximum absolute atomic E-state index is 12.3. The Kier molecular flexibility index (Phi) is 5.59. The molecular weight excluding hydrogens is 308 g/mol. The van der Waals surface area contributed by atoms with Gasteiger partial charge in [-0.25, -0.2) is 4.79 Å². The number of allylic oxidation sites excluding steroid dienone is 2. The van der Waals surface area contributed by atoms with Gasteiger partial charge in [-0.2, -0.15) is 0 Å². The summed E-state index contributed by atoms with van der Waals surface area (Å²) in [6.07, 6.45) is 4.96. The van der Waals surface area contributed by atoms with Gasteiger partial charge >= 0.3 is 5.97 Å². The molecule has 0 saturated carbocycles. The summed E-state index contributed by atoms with van der Waals surface area (Å²) in [7, 11) is 0. The van der Waals surface area contributed by atoms with E-state index in [-0.39, 0.29) is 24.0 Å². The average Bonchev–Trinajstić information content (AvgIpc) is 3.14. The fourth-order valence-corrected chi connectivity index (χ4v) is 3.20. The van der Waals surface area contributed by atoms with Crippen molar-refractivity contribution in [2.24, 2.45) is 0 Å². The number of hydrogen-bond acceptors (Lipinski definition) is 4. The second-order valence-corrected chi connectivity index (χ2v) is 5.98. The zero-order valence-corrected chi connectivity index (χ0v) is 14.7. The molecule has 2 rings (SSSR count). The van der Waals surface area contributed by atoms with Crippen molar-refractivity contribution in [3.63, 3.8) is 0 Å². The number of ketones is 1. The number of likely N-dealkylation sites (N-methyl/N-ethyl adjacent to an activating group) is 1. The molecule has 1 aliphatic rings. The first-order valence-corrected chi connectivity index (χ1v) is 8.23. The monoisotopic (exact) mass is 332 g/mol. The Morgan fingerprint density at radius 1 is 1.29 bits per heavy atom. The van der Waals surface area contributed by atoms with E-state index in [1.165, 1.54) is 6.92 Å². The molecule has 6 heteroatoms. The van der Waals surface area contributed by atoms with Crippen molar-refractivity contribution in [2.75, 3.05) is 13.2 Å². The third kappa shape index (κ3) is 3.58. The lowest BCUT2D eigenvalue weighted by Crippen LogP contribution is -2.33. The van der Waals surface area contributed by atoms with Crippen LogP contribution in [-0.4, -0.2) is 40.7 Å². The van der Waals surface area contributed by atoms with Gasteiger partial charge in [-0.15, -0.1) is 0 Å². The number of Topliss-reactive ketones (excluding diaryl/α,β-unsaturated/α-hetero) is 1. The summed E-state index contributed by atoms with van der Waals surface area (Å²) in [5.74, 6) is -0.957. The number of carbonyl (C=O) groups excluding carboxylic acids is 3. The molecule has 0 aromatic carbocycles. The number of rotatable bonds is 6. The van der Waals surface area contributed by atoms with Crippen LogP contribution >= 0.6 is 0 Å². The Balaban J connectivity index is 2.04. The van der Waals surface area contributed by atoms with E-state index in [0.29, 0.717) is 23.4 Å². The van der Waals surface area contributed by atoms with Gasteiger partial charge < -0.3 is 14.6 Å². The Labute approximate surface area is 141 Å². The van der Waals surface area contributed by atoms with Crippen LogP contribution < -0.4 is 0 Å². The molecule has 0 spiro atoms. The number of amides is 1. The lowest BCUT2D eigenvalue weighted by atomic mass is 10.1. The van der Waals surface area contributed by atoms with Crippen LogP contribution in [0.1, 0.15) is 65.2 Å². The number of carbonyl (C=O) groups is 3. The lowest BCUT2D eigenvalue weighted by Gasteiger charge is -2.22. The Morgan fingerprint density at radius 3 is 2.50 bits per heavy atom. The van der Waals surface area contributed by atoms with Crippen molar-refractivity contribution in [1.29, 1.82) is 0 Å². The highest BCUT2D eigenvalue weighted by Gasteiger charge is 2.23. The van der Waals surface area contributed by atoms with Gasteiger partial charge in [0.05, 0.1) is 0 Å². The van der Waals surface area contributed by atoms with E-state index in [4.69, 9.17) is 4.74 Å². The van der Waals surface area contributed by atoms with Gasteiger partial charge in [0.25, 0.3) is 5.91 Å². The molecule has 6 nitrogen and oxygen atoms in total. The van der Waals surface area contributed by atoms with Crippen LogP contribution in [0.5, 0.6) is 0 Å². The van der Waals surface area contributed by atoms with E-state index in [1.807, 2.05) is 6.92 Å². The third-order valence-electron chi connectivity index (χ3n) is 4.30. The molecule has 1 aromatic rings. The summed E-state index contributed by atoms with van der Waals surface area (Å²) in [4.78, 5) is 40.7. The normalized spacial score (nSPS) is 13.6. The van der Waals surface area contributed by atoms with Gasteiger partial charge in [-0.3, -0.25) is 9.59 Å². The summed E-state index contributed by atoms with van der Waals surface area (Å²) in [6, 6.07) is 0. The summed E-state index contributed by atoms with van der Waals surface area (Å²) >= 11 is 0. The molecule has 0 radical (unpaired) electrons. The van der Waals surface area contributed by atoms with Crippen molar-refractivity contribution in [3.8, 4) is 0 Å². The average molecular weight is 332 g/mol. The van der Waals surface area contributed by atoms with Crippen molar-refractivity contribution >= 4 is 17.7 Å². The Hall–Kier alpha value is -2.37. The number of aromatic amines is 1. The topological polar surface area (TPSA) is 79.5 Å². The van der Waals surface area contributed by atoms with E-state index < -0.39 is 5.97 Å². The highest BCUT2D eigenvalue weighted by Crippen LogP contribution is 2.22. The largest absolute Gasteiger partial charge is 0.451 e. The Morgan fingerprint density at radius 2 is 2.00 bits per heavy atom. The maximum Gasteiger partial charge on any atom is 0.355 e. The van der Waals surface area contributed by atoms with Crippen LogP contribution in [0, 0.1) is 13.8 Å². The SMILES string of the molecule is CCN(C(=O)COC(=O)c1[nH]c(C)c(C(C)=O)c1C)C1=CCCC1. The van der Waals surface area contributed by atoms with Gasteiger partial charge in [-0.05, 0) is 52.5 Å². The zero-order chi connectivity index (χ0) is 17.9. The summed E-state index contributed by atoms with van der Waals surface area (Å²) < 4.78 is 5.16. The van der Waals surface area contributed by atoms with Crippen LogP contribution in [0.4, 0.5) is 0 Å². The van der Waals surface area contributed by atoms with Gasteiger partial charge in [-0.1, -0.05) is 6.08 Å². The summed E-state index contributed by atoms with van der Waals surface area (Å²) in [5.41, 5.74) is 2.92. The number of nitrogens with zero attached hydrogens (tertiary/aromatic N) is 1. The predicted octanol–water partition coefficient (Wildman–Crippen LogP) is 2.91. The van der Waals surface area contributed by atoms with Crippen molar-refractivity contribution in [1.82, 2.24) is 9.88 Å². The minimum absolute atomic E-state index is 0.110. The van der Waals surface area contributed by atoms with Crippen LogP contribution in [0.3, 0.4) is 0 Å². The van der Waals surface area contributed by atoms with Crippen LogP contribution in [0.15, 0.2) is 11.8 Å². The zero-order valence-electron chi connectivity index (χ0n) is 14.7. The molecule has 0 atom stereocenters. The van der Waals surface area contributed by atoms with E-state index in [1.54, 1.807) is 18.7 Å². The second-order valence-electron chi connectivity index (χ2n) is 5.98. The van der Waals surface area contributed by atoms with Crippen LogP contribution in [-0.2, 0) is 9.53 Å². The highest BCUT2D eigenvalue weighted by atomic mass is 16.5. The molecule has 0 bridgehead atoms. The van der Waals surface area contributed by atoms with Crippen molar-refractivity contribution in [2.45, 2.75) is 47.0 Å². The first-order chi connectivity index (χ1) is 11.4. The smallest absolute Gasteiger partial charge is 0.355 e. The summed E-state index contributed by atoms with van der Waals surface area (Å²) in [5, 5.41) is 0. The molecule has 0 fully saturated rings. The fourth-order valence-electron chi connectivity index (χ4n) is 3.20.